The molecule has 2 fully saturated rings. The molecule has 3 heterocycles. The SMILES string of the molecule is COC[C@@]1(O)CC[C@@H]2C1=C[C@]1(O)O[C@@H](CC3=C(C(C)C)C(=O)O[C@@]31C)[C@@H]2C. The van der Waals surface area contributed by atoms with Gasteiger partial charge >= 0.3 is 5.97 Å². The van der Waals surface area contributed by atoms with Crippen LogP contribution >= 0.6 is 0 Å². The van der Waals surface area contributed by atoms with E-state index in [2.05, 4.69) is 6.92 Å². The van der Waals surface area contributed by atoms with E-state index in [9.17, 15) is 15.0 Å². The van der Waals surface area contributed by atoms with Crippen molar-refractivity contribution < 1.29 is 29.2 Å². The third-order valence-corrected chi connectivity index (χ3v) is 7.18. The number of ether oxygens (including phenoxy) is 3. The van der Waals surface area contributed by atoms with Gasteiger partial charge in [-0.3, -0.25) is 0 Å². The first kappa shape index (κ1) is 19.1. The minimum absolute atomic E-state index is 0.00552. The van der Waals surface area contributed by atoms with Crippen LogP contribution in [-0.2, 0) is 19.0 Å². The zero-order valence-corrected chi connectivity index (χ0v) is 16.7. The van der Waals surface area contributed by atoms with Crippen molar-refractivity contribution in [3.63, 3.8) is 0 Å². The summed E-state index contributed by atoms with van der Waals surface area (Å²) in [5.41, 5.74) is -0.181. The van der Waals surface area contributed by atoms with Crippen LogP contribution in [0, 0.1) is 17.8 Å². The first-order valence-electron chi connectivity index (χ1n) is 9.88. The first-order chi connectivity index (χ1) is 12.6. The monoisotopic (exact) mass is 378 g/mol. The van der Waals surface area contributed by atoms with Crippen LogP contribution in [0.5, 0.6) is 0 Å². The summed E-state index contributed by atoms with van der Waals surface area (Å²) < 4.78 is 17.2. The Bertz CT molecular complexity index is 739. The maximum absolute atomic E-state index is 12.6. The van der Waals surface area contributed by atoms with Gasteiger partial charge in [-0.05, 0) is 61.2 Å². The van der Waals surface area contributed by atoms with E-state index in [0.717, 1.165) is 17.6 Å². The fourth-order valence-corrected chi connectivity index (χ4v) is 5.60. The zero-order valence-electron chi connectivity index (χ0n) is 16.7. The molecular weight excluding hydrogens is 348 g/mol. The fraction of sp³-hybridized carbons (Fsp3) is 0.762. The topological polar surface area (TPSA) is 85.2 Å². The predicted molar refractivity (Wildman–Crippen MR) is 97.6 cm³/mol. The van der Waals surface area contributed by atoms with Crippen molar-refractivity contribution in [2.24, 2.45) is 17.8 Å². The Hall–Kier alpha value is -1.21. The highest BCUT2D eigenvalue weighted by molar-refractivity contribution is 5.94. The molecular formula is C21H30O6. The van der Waals surface area contributed by atoms with E-state index in [1.165, 1.54) is 0 Å². The molecule has 3 aliphatic heterocycles. The maximum Gasteiger partial charge on any atom is 0.335 e. The summed E-state index contributed by atoms with van der Waals surface area (Å²) in [6.45, 7) is 7.92. The molecule has 0 radical (unpaired) electrons. The van der Waals surface area contributed by atoms with Crippen molar-refractivity contribution in [3.8, 4) is 0 Å². The number of hydrogen-bond donors (Lipinski definition) is 2. The largest absolute Gasteiger partial charge is 0.445 e. The Morgan fingerprint density at radius 3 is 2.70 bits per heavy atom. The van der Waals surface area contributed by atoms with Crippen LogP contribution in [0.4, 0.5) is 0 Å². The molecule has 0 aromatic rings. The summed E-state index contributed by atoms with van der Waals surface area (Å²) in [4.78, 5) is 12.6. The van der Waals surface area contributed by atoms with Crippen LogP contribution in [0.25, 0.3) is 0 Å². The molecule has 1 saturated carbocycles. The lowest BCUT2D eigenvalue weighted by Crippen LogP contribution is -2.60. The lowest BCUT2D eigenvalue weighted by Gasteiger charge is -2.47. The van der Waals surface area contributed by atoms with Crippen molar-refractivity contribution in [3.05, 3.63) is 22.8 Å². The first-order valence-corrected chi connectivity index (χ1v) is 9.88. The molecule has 2 N–H and O–H groups in total. The minimum atomic E-state index is -1.80. The van der Waals surface area contributed by atoms with Gasteiger partial charge in [0.15, 0.2) is 5.60 Å². The number of fused-ring (bicyclic) bond motifs is 5. The maximum atomic E-state index is 12.6. The van der Waals surface area contributed by atoms with E-state index >= 15 is 0 Å². The summed E-state index contributed by atoms with van der Waals surface area (Å²) in [5, 5.41) is 22.8. The fourth-order valence-electron chi connectivity index (χ4n) is 5.60. The summed E-state index contributed by atoms with van der Waals surface area (Å²) in [6, 6.07) is 0. The molecule has 150 valence electrons. The second kappa shape index (κ2) is 5.89. The Labute approximate surface area is 160 Å². The number of methoxy groups -OCH3 is 1. The molecule has 0 unspecified atom stereocenters. The zero-order chi connectivity index (χ0) is 19.8. The molecule has 4 aliphatic rings. The highest BCUT2D eigenvalue weighted by atomic mass is 16.7. The molecule has 27 heavy (non-hydrogen) atoms. The third-order valence-electron chi connectivity index (χ3n) is 7.18. The second-order valence-corrected chi connectivity index (χ2v) is 9.10. The van der Waals surface area contributed by atoms with Gasteiger partial charge in [0.2, 0.25) is 5.79 Å². The van der Waals surface area contributed by atoms with Crippen LogP contribution in [-0.4, -0.2) is 53.0 Å². The van der Waals surface area contributed by atoms with Gasteiger partial charge in [0.25, 0.3) is 0 Å². The molecule has 1 saturated heterocycles. The predicted octanol–water partition coefficient (Wildman–Crippen LogP) is 2.10. The van der Waals surface area contributed by atoms with Crippen molar-refractivity contribution in [2.75, 3.05) is 13.7 Å². The van der Waals surface area contributed by atoms with Crippen molar-refractivity contribution >= 4 is 5.97 Å². The molecule has 0 aromatic heterocycles. The van der Waals surface area contributed by atoms with Gasteiger partial charge in [-0.2, -0.15) is 0 Å². The number of hydrogen-bond acceptors (Lipinski definition) is 6. The molecule has 4 rings (SSSR count). The molecule has 6 nitrogen and oxygen atoms in total. The standard InChI is InChI=1S/C21H30O6/c1-11(2)17-14-8-16-12(3)13-6-7-20(23,10-25-5)15(13)9-21(24,26-16)19(14,4)27-18(17)22/h9,11-13,16,23-24H,6-8,10H2,1-5H3/t12-,13+,16+,19+,20+,21+/m1/s1. The van der Waals surface area contributed by atoms with Crippen LogP contribution in [0.3, 0.4) is 0 Å². The lowest BCUT2D eigenvalue weighted by molar-refractivity contribution is -0.293. The summed E-state index contributed by atoms with van der Waals surface area (Å²) in [6.07, 6.45) is 3.33. The van der Waals surface area contributed by atoms with E-state index < -0.39 is 17.0 Å². The number of carbonyl (C=O) groups excluding carboxylic acids is 1. The van der Waals surface area contributed by atoms with E-state index in [4.69, 9.17) is 14.2 Å². The minimum Gasteiger partial charge on any atom is -0.445 e. The number of rotatable bonds is 3. The molecule has 1 aliphatic carbocycles. The molecule has 0 aromatic carbocycles. The normalized spacial score (nSPS) is 46.1. The van der Waals surface area contributed by atoms with E-state index in [1.54, 1.807) is 20.1 Å². The molecule has 2 bridgehead atoms. The van der Waals surface area contributed by atoms with Gasteiger partial charge in [-0.1, -0.05) is 20.8 Å². The summed E-state index contributed by atoms with van der Waals surface area (Å²) >= 11 is 0. The van der Waals surface area contributed by atoms with Crippen molar-refractivity contribution in [1.29, 1.82) is 0 Å². The van der Waals surface area contributed by atoms with E-state index in [1.807, 2.05) is 13.8 Å². The average molecular weight is 378 g/mol. The van der Waals surface area contributed by atoms with Gasteiger partial charge in [0.1, 0.15) is 5.60 Å². The number of carbonyl (C=O) groups is 1. The second-order valence-electron chi connectivity index (χ2n) is 9.10. The molecule has 0 amide bonds. The molecule has 0 spiro atoms. The van der Waals surface area contributed by atoms with E-state index in [0.29, 0.717) is 18.4 Å². The quantitative estimate of drug-likeness (QED) is 0.578. The number of aliphatic hydroxyl groups is 2. The highest BCUT2D eigenvalue weighted by Gasteiger charge is 2.65. The molecule has 6 atom stereocenters. The smallest absolute Gasteiger partial charge is 0.335 e. The number of esters is 1. The summed E-state index contributed by atoms with van der Waals surface area (Å²) in [7, 11) is 1.56. The van der Waals surface area contributed by atoms with Gasteiger partial charge in [-0.25, -0.2) is 4.79 Å². The third kappa shape index (κ3) is 2.43. The highest BCUT2D eigenvalue weighted by Crippen LogP contribution is 2.57. The molecule has 6 heteroatoms. The van der Waals surface area contributed by atoms with E-state index in [-0.39, 0.29) is 36.4 Å². The summed E-state index contributed by atoms with van der Waals surface area (Å²) in [5.74, 6) is -1.98. The van der Waals surface area contributed by atoms with Gasteiger partial charge in [0, 0.05) is 12.7 Å². The van der Waals surface area contributed by atoms with Gasteiger partial charge < -0.3 is 24.4 Å². The van der Waals surface area contributed by atoms with Crippen LogP contribution in [0.1, 0.15) is 47.0 Å². The Morgan fingerprint density at radius 1 is 1.37 bits per heavy atom. The average Bonchev–Trinajstić information content (AvgIpc) is 2.98. The van der Waals surface area contributed by atoms with Gasteiger partial charge in [-0.15, -0.1) is 0 Å². The Morgan fingerprint density at radius 2 is 2.07 bits per heavy atom. The van der Waals surface area contributed by atoms with Crippen LogP contribution in [0.15, 0.2) is 22.8 Å². The lowest BCUT2D eigenvalue weighted by atomic mass is 9.76. The van der Waals surface area contributed by atoms with Crippen molar-refractivity contribution in [2.45, 2.75) is 70.1 Å². The van der Waals surface area contributed by atoms with Crippen molar-refractivity contribution in [1.82, 2.24) is 0 Å². The van der Waals surface area contributed by atoms with Crippen LogP contribution in [0.2, 0.25) is 0 Å². The Kier molecular flexibility index (Phi) is 4.17. The van der Waals surface area contributed by atoms with Gasteiger partial charge in [0.05, 0.1) is 12.7 Å². The Balaban J connectivity index is 1.90. The van der Waals surface area contributed by atoms with Crippen LogP contribution < -0.4 is 0 Å².